The number of carbonyl (C=O) groups excluding carboxylic acids is 2. The van der Waals surface area contributed by atoms with Crippen molar-refractivity contribution >= 4 is 29.0 Å². The van der Waals surface area contributed by atoms with Crippen LogP contribution in [0.1, 0.15) is 39.5 Å². The van der Waals surface area contributed by atoms with E-state index in [1.807, 2.05) is 54.6 Å². The lowest BCUT2D eigenvalue weighted by Crippen LogP contribution is -2.33. The first-order valence-electron chi connectivity index (χ1n) is 12.9. The van der Waals surface area contributed by atoms with Crippen LogP contribution in [0.4, 0.5) is 21.9 Å². The second kappa shape index (κ2) is 11.6. The minimum absolute atomic E-state index is 0.207. The smallest absolute Gasteiger partial charge is 0.323 e. The summed E-state index contributed by atoms with van der Waals surface area (Å²) in [5.41, 5.74) is 7.32. The first-order valence-corrected chi connectivity index (χ1v) is 12.9. The van der Waals surface area contributed by atoms with E-state index in [0.29, 0.717) is 23.5 Å². The lowest BCUT2D eigenvalue weighted by molar-refractivity contribution is 0.0951. The standard InChI is InChI=1S/C31H31N5O2/c1-2-22-9-11-26(12-10-22)34-31(38)35-27-13-14-29(36-17-15-24-7-3-4-8-25(24)21-36)28(18-27)30(37)33-20-23-6-5-16-32-19-23/h3-14,16,18-19H,2,15,17,20-21H2,1H3,(H,33,37)(H2,34,35,38). The molecule has 3 N–H and O–H groups in total. The molecule has 0 atom stereocenters. The minimum Gasteiger partial charge on any atom is -0.366 e. The molecule has 7 nitrogen and oxygen atoms in total. The molecule has 3 amide bonds. The second-order valence-electron chi connectivity index (χ2n) is 9.35. The van der Waals surface area contributed by atoms with Gasteiger partial charge >= 0.3 is 6.03 Å². The Morgan fingerprint density at radius 3 is 2.39 bits per heavy atom. The van der Waals surface area contributed by atoms with E-state index in [2.05, 4.69) is 51.0 Å². The summed E-state index contributed by atoms with van der Waals surface area (Å²) in [4.78, 5) is 32.5. The van der Waals surface area contributed by atoms with Gasteiger partial charge in [-0.2, -0.15) is 0 Å². The molecule has 0 aliphatic carbocycles. The molecule has 1 aliphatic heterocycles. The van der Waals surface area contributed by atoms with Crippen LogP contribution in [-0.2, 0) is 25.9 Å². The van der Waals surface area contributed by atoms with Crippen LogP contribution in [0, 0.1) is 0 Å². The number of nitrogens with one attached hydrogen (secondary N) is 3. The average molecular weight is 506 g/mol. The van der Waals surface area contributed by atoms with Crippen LogP contribution in [0.25, 0.3) is 0 Å². The summed E-state index contributed by atoms with van der Waals surface area (Å²) in [5, 5.41) is 8.74. The van der Waals surface area contributed by atoms with Crippen molar-refractivity contribution in [2.75, 3.05) is 22.1 Å². The molecule has 4 aromatic rings. The van der Waals surface area contributed by atoms with Gasteiger partial charge in [-0.1, -0.05) is 49.4 Å². The summed E-state index contributed by atoms with van der Waals surface area (Å²) in [7, 11) is 0. The Morgan fingerprint density at radius 1 is 0.868 bits per heavy atom. The second-order valence-corrected chi connectivity index (χ2v) is 9.35. The van der Waals surface area contributed by atoms with E-state index in [-0.39, 0.29) is 11.9 Å². The Bertz CT molecular complexity index is 1420. The number of carbonyl (C=O) groups is 2. The number of fused-ring (bicyclic) bond motifs is 1. The van der Waals surface area contributed by atoms with Gasteiger partial charge in [0.05, 0.1) is 5.56 Å². The Hall–Kier alpha value is -4.65. The van der Waals surface area contributed by atoms with Crippen molar-refractivity contribution in [2.24, 2.45) is 0 Å². The first-order chi connectivity index (χ1) is 18.6. The quantitative estimate of drug-likeness (QED) is 0.297. The molecule has 192 valence electrons. The van der Waals surface area contributed by atoms with Crippen LogP contribution >= 0.6 is 0 Å². The third-order valence-corrected chi connectivity index (χ3v) is 6.77. The van der Waals surface area contributed by atoms with E-state index in [4.69, 9.17) is 0 Å². The van der Waals surface area contributed by atoms with Crippen molar-refractivity contribution in [1.29, 1.82) is 0 Å². The number of urea groups is 1. The number of benzene rings is 3. The number of rotatable bonds is 7. The summed E-state index contributed by atoms with van der Waals surface area (Å²) in [6, 6.07) is 25.1. The fourth-order valence-corrected chi connectivity index (χ4v) is 4.67. The van der Waals surface area contributed by atoms with Gasteiger partial charge in [0.25, 0.3) is 5.91 Å². The van der Waals surface area contributed by atoms with Crippen LogP contribution in [0.15, 0.2) is 91.3 Å². The highest BCUT2D eigenvalue weighted by molar-refractivity contribution is 6.04. The summed E-state index contributed by atoms with van der Waals surface area (Å²) in [6.07, 6.45) is 5.29. The van der Waals surface area contributed by atoms with Crippen molar-refractivity contribution in [3.8, 4) is 0 Å². The van der Waals surface area contributed by atoms with Crippen molar-refractivity contribution < 1.29 is 9.59 Å². The van der Waals surface area contributed by atoms with Gasteiger partial charge in [-0.25, -0.2) is 4.79 Å². The number of hydrogen-bond acceptors (Lipinski definition) is 4. The van der Waals surface area contributed by atoms with Crippen molar-refractivity contribution in [1.82, 2.24) is 10.3 Å². The summed E-state index contributed by atoms with van der Waals surface area (Å²) in [6.45, 7) is 3.98. The first kappa shape index (κ1) is 25.0. The number of aromatic nitrogens is 1. The number of aryl methyl sites for hydroxylation is 1. The summed E-state index contributed by atoms with van der Waals surface area (Å²) < 4.78 is 0. The van der Waals surface area contributed by atoms with E-state index in [0.717, 1.165) is 37.2 Å². The summed E-state index contributed by atoms with van der Waals surface area (Å²) in [5.74, 6) is -0.207. The van der Waals surface area contributed by atoms with E-state index < -0.39 is 0 Å². The molecule has 0 saturated carbocycles. The van der Waals surface area contributed by atoms with Crippen LogP contribution in [0.5, 0.6) is 0 Å². The SMILES string of the molecule is CCc1ccc(NC(=O)Nc2ccc(N3CCc4ccccc4C3)c(C(=O)NCc3cccnc3)c2)cc1. The fourth-order valence-electron chi connectivity index (χ4n) is 4.67. The zero-order valence-corrected chi connectivity index (χ0v) is 21.4. The molecule has 0 radical (unpaired) electrons. The number of pyridine rings is 1. The molecule has 1 aliphatic rings. The van der Waals surface area contributed by atoms with Gasteiger partial charge in [0.15, 0.2) is 0 Å². The largest absolute Gasteiger partial charge is 0.366 e. The van der Waals surface area contributed by atoms with E-state index in [9.17, 15) is 9.59 Å². The number of nitrogens with zero attached hydrogens (tertiary/aromatic N) is 2. The maximum atomic E-state index is 13.4. The van der Waals surface area contributed by atoms with Gasteiger partial charge in [-0.05, 0) is 71.5 Å². The van der Waals surface area contributed by atoms with Crippen LogP contribution in [0.2, 0.25) is 0 Å². The maximum absolute atomic E-state index is 13.4. The monoisotopic (exact) mass is 505 g/mol. The molecular weight excluding hydrogens is 474 g/mol. The van der Waals surface area contributed by atoms with Gasteiger partial charge in [-0.3, -0.25) is 9.78 Å². The van der Waals surface area contributed by atoms with Crippen molar-refractivity contribution in [2.45, 2.75) is 32.9 Å². The van der Waals surface area contributed by atoms with Crippen LogP contribution < -0.4 is 20.9 Å². The molecule has 2 heterocycles. The molecule has 7 heteroatoms. The molecule has 0 saturated heterocycles. The number of amides is 3. The molecule has 0 unspecified atom stereocenters. The Morgan fingerprint density at radius 2 is 1.63 bits per heavy atom. The van der Waals surface area contributed by atoms with Gasteiger partial charge in [0.2, 0.25) is 0 Å². The highest BCUT2D eigenvalue weighted by Gasteiger charge is 2.22. The van der Waals surface area contributed by atoms with Crippen molar-refractivity contribution in [3.63, 3.8) is 0 Å². The third-order valence-electron chi connectivity index (χ3n) is 6.77. The topological polar surface area (TPSA) is 86.4 Å². The van der Waals surface area contributed by atoms with Gasteiger partial charge < -0.3 is 20.9 Å². The Kier molecular flexibility index (Phi) is 7.64. The molecule has 0 fully saturated rings. The van der Waals surface area contributed by atoms with Crippen LogP contribution in [0.3, 0.4) is 0 Å². The van der Waals surface area contributed by atoms with Crippen LogP contribution in [-0.4, -0.2) is 23.5 Å². The zero-order chi connectivity index (χ0) is 26.3. The van der Waals surface area contributed by atoms with Gasteiger partial charge in [0, 0.05) is 49.1 Å². The highest BCUT2D eigenvalue weighted by atomic mass is 16.2. The Labute approximate surface area is 222 Å². The third kappa shape index (κ3) is 6.00. The average Bonchev–Trinajstić information content (AvgIpc) is 2.96. The lowest BCUT2D eigenvalue weighted by Gasteiger charge is -2.32. The number of hydrogen-bond donors (Lipinski definition) is 3. The zero-order valence-electron chi connectivity index (χ0n) is 21.4. The highest BCUT2D eigenvalue weighted by Crippen LogP contribution is 2.30. The van der Waals surface area contributed by atoms with E-state index >= 15 is 0 Å². The molecule has 0 spiro atoms. The van der Waals surface area contributed by atoms with E-state index in [1.54, 1.807) is 18.5 Å². The molecule has 5 rings (SSSR count). The van der Waals surface area contributed by atoms with Crippen molar-refractivity contribution in [3.05, 3.63) is 119 Å². The predicted molar refractivity (Wildman–Crippen MR) is 152 cm³/mol. The molecule has 3 aromatic carbocycles. The molecule has 0 bridgehead atoms. The fraction of sp³-hybridized carbons (Fsp3) is 0.194. The van der Waals surface area contributed by atoms with Gasteiger partial charge in [0.1, 0.15) is 0 Å². The maximum Gasteiger partial charge on any atom is 0.323 e. The predicted octanol–water partition coefficient (Wildman–Crippen LogP) is 5.78. The Balaban J connectivity index is 1.36. The molecule has 1 aromatic heterocycles. The van der Waals surface area contributed by atoms with Gasteiger partial charge in [-0.15, -0.1) is 0 Å². The summed E-state index contributed by atoms with van der Waals surface area (Å²) >= 11 is 0. The number of anilines is 3. The minimum atomic E-state index is -0.365. The molecular formula is C31H31N5O2. The molecule has 38 heavy (non-hydrogen) atoms. The normalized spacial score (nSPS) is 12.4. The van der Waals surface area contributed by atoms with E-state index in [1.165, 1.54) is 16.7 Å². The lowest BCUT2D eigenvalue weighted by atomic mass is 9.98.